The molecule has 9 rings (SSSR count). The third-order valence-corrected chi connectivity index (χ3v) is 8.20. The Balaban J connectivity index is 1.52. The number of fused-ring (bicyclic) bond motifs is 5. The van der Waals surface area contributed by atoms with E-state index in [-0.39, 0.29) is 32.7 Å². The van der Waals surface area contributed by atoms with Gasteiger partial charge in [-0.25, -0.2) is 0 Å². The summed E-state index contributed by atoms with van der Waals surface area (Å²) in [6, 6.07) is 20.2. The lowest BCUT2D eigenvalue weighted by Gasteiger charge is -2.17. The highest BCUT2D eigenvalue weighted by atomic mass is 16.3. The van der Waals surface area contributed by atoms with Crippen LogP contribution in [-0.4, -0.2) is 0 Å². The lowest BCUT2D eigenvalue weighted by atomic mass is 9.85. The smallest absolute Gasteiger partial charge is 0.143 e. The van der Waals surface area contributed by atoms with Crippen LogP contribution >= 0.6 is 0 Å². The van der Waals surface area contributed by atoms with Gasteiger partial charge in [0.05, 0.1) is 17.8 Å². The monoisotopic (exact) mass is 585 g/mol. The van der Waals surface area contributed by atoms with E-state index in [0.29, 0.717) is 22.1 Å². The topological polar surface area (TPSA) is 13.1 Å². The van der Waals surface area contributed by atoms with Gasteiger partial charge < -0.3 is 4.42 Å². The second kappa shape index (κ2) is 10.4. The van der Waals surface area contributed by atoms with Crippen molar-refractivity contribution in [3.8, 4) is 44.5 Å². The Morgan fingerprint density at radius 3 is 1.51 bits per heavy atom. The highest BCUT2D eigenvalue weighted by molar-refractivity contribution is 6.23. The predicted octanol–water partition coefficient (Wildman–Crippen LogP) is 12.6. The van der Waals surface area contributed by atoms with Crippen molar-refractivity contribution < 1.29 is 22.2 Å². The molecule has 210 valence electrons. The van der Waals surface area contributed by atoms with Gasteiger partial charge in [-0.15, -0.1) is 0 Å². The fourth-order valence-corrected chi connectivity index (χ4v) is 6.28. The van der Waals surface area contributed by atoms with Gasteiger partial charge in [-0.05, 0) is 78.7 Å². The summed E-state index contributed by atoms with van der Waals surface area (Å²) in [5, 5.41) is 0.562. The Kier molecular flexibility index (Phi) is 3.62. The van der Waals surface area contributed by atoms with E-state index in [1.165, 1.54) is 0 Å². The molecule has 0 N–H and O–H groups in total. The molecule has 1 nitrogen and oxygen atoms in total. The average molecular weight is 586 g/mol. The van der Waals surface area contributed by atoms with Crippen LogP contribution in [0.2, 0.25) is 0 Å². The number of hydrogen-bond acceptors (Lipinski definition) is 1. The zero-order chi connectivity index (χ0) is 41.1. The molecule has 45 heavy (non-hydrogen) atoms. The molecule has 0 aliphatic carbocycles. The molecule has 0 unspecified atom stereocenters. The summed E-state index contributed by atoms with van der Waals surface area (Å²) in [7, 11) is 0. The molecule has 0 fully saturated rings. The molecule has 0 aliphatic heterocycles. The van der Waals surface area contributed by atoms with Gasteiger partial charge in [-0.3, -0.25) is 0 Å². The molecule has 0 spiro atoms. The van der Waals surface area contributed by atoms with Crippen LogP contribution in [0.3, 0.4) is 0 Å². The van der Waals surface area contributed by atoms with Crippen LogP contribution in [0.1, 0.15) is 17.8 Å². The van der Waals surface area contributed by atoms with E-state index in [9.17, 15) is 5.48 Å². The fourth-order valence-electron chi connectivity index (χ4n) is 6.28. The molecule has 0 saturated carbocycles. The first kappa shape index (κ1) is 15.7. The van der Waals surface area contributed by atoms with Crippen molar-refractivity contribution in [1.82, 2.24) is 0 Å². The molecule has 0 amide bonds. The van der Waals surface area contributed by atoms with Crippen LogP contribution in [0.4, 0.5) is 0 Å². The second-order valence-electron chi connectivity index (χ2n) is 10.7. The highest BCUT2D eigenvalue weighted by Gasteiger charge is 2.20. The van der Waals surface area contributed by atoms with Gasteiger partial charge in [0.25, 0.3) is 0 Å². The fraction of sp³-hybridized carbons (Fsp3) is 0. The molecule has 0 saturated heterocycles. The lowest BCUT2D eigenvalue weighted by molar-refractivity contribution is 0.670. The summed E-state index contributed by atoms with van der Waals surface area (Å²) in [6.45, 7) is 0. The van der Waals surface area contributed by atoms with Gasteiger partial charge in [-0.2, -0.15) is 0 Å². The van der Waals surface area contributed by atoms with Gasteiger partial charge in [0.2, 0.25) is 0 Å². The van der Waals surface area contributed by atoms with Gasteiger partial charge in [0, 0.05) is 16.3 Å². The first-order valence-electron chi connectivity index (χ1n) is 20.9. The molecule has 1 aromatic heterocycles. The maximum Gasteiger partial charge on any atom is 0.143 e. The molecule has 9 aromatic rings. The molecule has 0 bridgehead atoms. The zero-order valence-corrected chi connectivity index (χ0v) is 23.6. The average Bonchev–Trinajstić information content (AvgIpc) is 3.63. The third-order valence-electron chi connectivity index (χ3n) is 8.20. The third kappa shape index (κ3) is 4.09. The Morgan fingerprint density at radius 2 is 0.911 bits per heavy atom. The number of furan rings is 1. The van der Waals surface area contributed by atoms with Gasteiger partial charge in [0.15, 0.2) is 0 Å². The first-order valence-corrected chi connectivity index (χ1v) is 14.4. The molecular formula is C44H28O. The summed E-state index contributed by atoms with van der Waals surface area (Å²) < 4.78 is 122. The Morgan fingerprint density at radius 1 is 0.400 bits per heavy atom. The van der Waals surface area contributed by atoms with E-state index in [0.717, 1.165) is 27.6 Å². The van der Waals surface area contributed by atoms with Crippen molar-refractivity contribution in [2.24, 2.45) is 0 Å². The summed E-state index contributed by atoms with van der Waals surface area (Å²) >= 11 is 0. The van der Waals surface area contributed by atoms with Crippen molar-refractivity contribution in [2.75, 3.05) is 0 Å². The Labute approximate surface area is 279 Å². The highest BCUT2D eigenvalue weighted by Crippen LogP contribution is 2.46. The van der Waals surface area contributed by atoms with Gasteiger partial charge in [-0.1, -0.05) is 151 Å². The molecule has 1 heterocycles. The van der Waals surface area contributed by atoms with Crippen molar-refractivity contribution >= 4 is 43.5 Å². The van der Waals surface area contributed by atoms with E-state index in [4.69, 9.17) is 16.8 Å². The van der Waals surface area contributed by atoms with E-state index in [1.807, 2.05) is 72.8 Å². The largest absolute Gasteiger partial charge is 0.455 e. The summed E-state index contributed by atoms with van der Waals surface area (Å²) in [5.41, 5.74) is 4.19. The number of rotatable bonds is 4. The summed E-state index contributed by atoms with van der Waals surface area (Å²) in [6.07, 6.45) is 0. The van der Waals surface area contributed by atoms with Crippen molar-refractivity contribution in [3.63, 3.8) is 0 Å². The summed E-state index contributed by atoms with van der Waals surface area (Å²) in [5.74, 6) is 0. The van der Waals surface area contributed by atoms with Gasteiger partial charge >= 0.3 is 0 Å². The molecule has 0 radical (unpaired) electrons. The minimum atomic E-state index is -0.718. The minimum absolute atomic E-state index is 0.0526. The lowest BCUT2D eigenvalue weighted by Crippen LogP contribution is -1.90. The van der Waals surface area contributed by atoms with Crippen molar-refractivity contribution in [3.05, 3.63) is 170 Å². The van der Waals surface area contributed by atoms with E-state index < -0.39 is 84.1 Å². The molecule has 0 aliphatic rings. The first-order chi connectivity index (χ1) is 27.7. The van der Waals surface area contributed by atoms with Crippen LogP contribution in [0.25, 0.3) is 88.0 Å². The maximum absolute atomic E-state index is 9.33. The van der Waals surface area contributed by atoms with Crippen LogP contribution < -0.4 is 0 Å². The standard InChI is InChI=1S/C44H28O/c1-4-14-29(15-5-1)33-25-26-34(30-16-6-2-7-17-30)44-43(33)39-28-32(24-27-40(39)45-44)42-37-22-12-10-20-35(37)41(31-18-8-3-9-19-31)36-21-11-13-23-38(36)42/h1-28H/i3D,8D,9D,10D,11D,12D,13D,18D,19D,20D,21D,22D,23D. The maximum atomic E-state index is 9.33. The molecular weight excluding hydrogens is 544 g/mol. The quantitative estimate of drug-likeness (QED) is 0.187. The van der Waals surface area contributed by atoms with Crippen LogP contribution in [0.5, 0.6) is 0 Å². The second-order valence-corrected chi connectivity index (χ2v) is 10.7. The van der Waals surface area contributed by atoms with Crippen LogP contribution in [0, 0.1) is 0 Å². The molecule has 0 atom stereocenters. The number of benzene rings is 8. The Hall–Kier alpha value is -5.92. The normalized spacial score (nSPS) is 15.6. The molecule has 8 aromatic carbocycles. The SMILES string of the molecule is [2H]c1c([2H])c([2H])c(-c2c3c([2H])c([2H])c([2H])c([2H])c3c(-c3ccc4oc5c(-c6ccccc6)ccc(-c6ccccc6)c5c4c3)c3c([2H])c([2H])c([2H])c([2H])c23)c([2H])c1[2H]. The van der Waals surface area contributed by atoms with Crippen molar-refractivity contribution in [2.45, 2.75) is 0 Å². The zero-order valence-electron chi connectivity index (χ0n) is 36.6. The van der Waals surface area contributed by atoms with E-state index >= 15 is 0 Å². The minimum Gasteiger partial charge on any atom is -0.455 e. The predicted molar refractivity (Wildman–Crippen MR) is 190 cm³/mol. The van der Waals surface area contributed by atoms with Crippen LogP contribution in [-0.2, 0) is 0 Å². The Bertz CT molecular complexity index is 3140. The van der Waals surface area contributed by atoms with Crippen LogP contribution in [0.15, 0.2) is 174 Å². The molecule has 1 heteroatoms. The summed E-state index contributed by atoms with van der Waals surface area (Å²) in [4.78, 5) is 0. The van der Waals surface area contributed by atoms with Gasteiger partial charge in [0.1, 0.15) is 11.2 Å². The van der Waals surface area contributed by atoms with E-state index in [2.05, 4.69) is 0 Å². The van der Waals surface area contributed by atoms with E-state index in [1.54, 1.807) is 18.2 Å². The van der Waals surface area contributed by atoms with Crippen molar-refractivity contribution in [1.29, 1.82) is 0 Å². The number of hydrogen-bond donors (Lipinski definition) is 0.